The summed E-state index contributed by atoms with van der Waals surface area (Å²) < 4.78 is 1.05. The maximum atomic E-state index is 5.80. The van der Waals surface area contributed by atoms with E-state index >= 15 is 0 Å². The fourth-order valence-corrected chi connectivity index (χ4v) is 3.16. The first kappa shape index (κ1) is 13.5. The summed E-state index contributed by atoms with van der Waals surface area (Å²) in [4.78, 5) is 11.2. The molecule has 1 atom stereocenters. The van der Waals surface area contributed by atoms with Crippen LogP contribution in [0.4, 0.5) is 5.95 Å². The van der Waals surface area contributed by atoms with E-state index in [0.29, 0.717) is 12.6 Å². The number of anilines is 1. The number of nitrogens with two attached hydrogens (primary N) is 1. The van der Waals surface area contributed by atoms with Crippen LogP contribution in [-0.4, -0.2) is 29.1 Å². The summed E-state index contributed by atoms with van der Waals surface area (Å²) in [6, 6.07) is 8.47. The smallest absolute Gasteiger partial charge is 0.225 e. The quantitative estimate of drug-likeness (QED) is 0.938. The molecule has 3 rings (SSSR count). The van der Waals surface area contributed by atoms with Gasteiger partial charge in [-0.25, -0.2) is 9.97 Å². The molecule has 1 aliphatic rings. The van der Waals surface area contributed by atoms with E-state index in [0.717, 1.165) is 40.9 Å². The van der Waals surface area contributed by atoms with Gasteiger partial charge in [0.1, 0.15) is 0 Å². The predicted molar refractivity (Wildman–Crippen MR) is 84.6 cm³/mol. The van der Waals surface area contributed by atoms with Gasteiger partial charge in [-0.05, 0) is 24.5 Å². The second kappa shape index (κ2) is 5.89. The molecule has 1 unspecified atom stereocenters. The molecule has 2 aromatic rings. The summed E-state index contributed by atoms with van der Waals surface area (Å²) in [6.07, 6.45) is 6.06. The number of hydrogen-bond acceptors (Lipinski definition) is 4. The number of aromatic nitrogens is 2. The van der Waals surface area contributed by atoms with Crippen molar-refractivity contribution in [2.75, 3.05) is 18.0 Å². The van der Waals surface area contributed by atoms with E-state index in [1.807, 2.05) is 30.6 Å². The monoisotopic (exact) mass is 332 g/mol. The first-order chi connectivity index (χ1) is 9.79. The molecule has 1 aliphatic heterocycles. The molecule has 2 heterocycles. The zero-order chi connectivity index (χ0) is 13.9. The molecule has 104 valence electrons. The first-order valence-electron chi connectivity index (χ1n) is 6.83. The van der Waals surface area contributed by atoms with Crippen LogP contribution in [0.25, 0.3) is 11.1 Å². The fourth-order valence-electron chi connectivity index (χ4n) is 2.65. The Kier molecular flexibility index (Phi) is 3.98. The highest BCUT2D eigenvalue weighted by molar-refractivity contribution is 9.10. The van der Waals surface area contributed by atoms with Crippen molar-refractivity contribution < 1.29 is 0 Å². The molecule has 0 spiro atoms. The van der Waals surface area contributed by atoms with Gasteiger partial charge in [0.2, 0.25) is 5.95 Å². The largest absolute Gasteiger partial charge is 0.337 e. The van der Waals surface area contributed by atoms with Crippen LogP contribution in [0.2, 0.25) is 0 Å². The number of halogens is 1. The molecule has 0 bridgehead atoms. The normalized spacial score (nSPS) is 18.5. The molecule has 1 fully saturated rings. The Hall–Kier alpha value is -1.46. The van der Waals surface area contributed by atoms with Gasteiger partial charge in [0.15, 0.2) is 0 Å². The van der Waals surface area contributed by atoms with Crippen molar-refractivity contribution in [1.29, 1.82) is 0 Å². The van der Waals surface area contributed by atoms with E-state index in [1.54, 1.807) is 0 Å². The zero-order valence-electron chi connectivity index (χ0n) is 11.2. The summed E-state index contributed by atoms with van der Waals surface area (Å²) >= 11 is 3.56. The van der Waals surface area contributed by atoms with Crippen molar-refractivity contribution in [3.63, 3.8) is 0 Å². The molecular weight excluding hydrogens is 316 g/mol. The second-order valence-electron chi connectivity index (χ2n) is 4.98. The standard InChI is InChI=1S/C15H17BrN4/c16-14-6-2-1-5-13(14)11-9-18-15(19-10-11)20-7-3-4-12(20)8-17/h1-2,5-6,9-10,12H,3-4,7-8,17H2. The van der Waals surface area contributed by atoms with E-state index in [1.165, 1.54) is 0 Å². The third kappa shape index (κ3) is 2.55. The van der Waals surface area contributed by atoms with E-state index < -0.39 is 0 Å². The van der Waals surface area contributed by atoms with Crippen LogP contribution in [-0.2, 0) is 0 Å². The van der Waals surface area contributed by atoms with Gasteiger partial charge in [0.25, 0.3) is 0 Å². The molecule has 20 heavy (non-hydrogen) atoms. The summed E-state index contributed by atoms with van der Waals surface area (Å²) in [6.45, 7) is 1.66. The maximum absolute atomic E-state index is 5.80. The van der Waals surface area contributed by atoms with Crippen molar-refractivity contribution in [1.82, 2.24) is 9.97 Å². The zero-order valence-corrected chi connectivity index (χ0v) is 12.8. The second-order valence-corrected chi connectivity index (χ2v) is 5.83. The Morgan fingerprint density at radius 2 is 2.00 bits per heavy atom. The van der Waals surface area contributed by atoms with E-state index in [9.17, 15) is 0 Å². The Balaban J connectivity index is 1.87. The minimum atomic E-state index is 0.379. The highest BCUT2D eigenvalue weighted by Gasteiger charge is 2.25. The van der Waals surface area contributed by atoms with Crippen LogP contribution in [0, 0.1) is 0 Å². The summed E-state index contributed by atoms with van der Waals surface area (Å²) in [7, 11) is 0. The van der Waals surface area contributed by atoms with Crippen molar-refractivity contribution in [2.24, 2.45) is 5.73 Å². The van der Waals surface area contributed by atoms with Gasteiger partial charge in [0, 0.05) is 41.6 Å². The Morgan fingerprint density at radius 1 is 1.25 bits per heavy atom. The highest BCUT2D eigenvalue weighted by atomic mass is 79.9. The molecule has 2 N–H and O–H groups in total. The van der Waals surface area contributed by atoms with Crippen LogP contribution in [0.5, 0.6) is 0 Å². The van der Waals surface area contributed by atoms with Gasteiger partial charge < -0.3 is 10.6 Å². The molecular formula is C15H17BrN4. The van der Waals surface area contributed by atoms with E-state index in [-0.39, 0.29) is 0 Å². The van der Waals surface area contributed by atoms with Gasteiger partial charge in [-0.2, -0.15) is 0 Å². The number of hydrogen-bond donors (Lipinski definition) is 1. The van der Waals surface area contributed by atoms with Crippen molar-refractivity contribution in [2.45, 2.75) is 18.9 Å². The van der Waals surface area contributed by atoms with Crippen LogP contribution >= 0.6 is 15.9 Å². The van der Waals surface area contributed by atoms with E-state index in [4.69, 9.17) is 5.73 Å². The average Bonchev–Trinajstić information content (AvgIpc) is 2.96. The molecule has 0 aliphatic carbocycles. The van der Waals surface area contributed by atoms with Gasteiger partial charge >= 0.3 is 0 Å². The lowest BCUT2D eigenvalue weighted by Gasteiger charge is -2.23. The van der Waals surface area contributed by atoms with Crippen LogP contribution < -0.4 is 10.6 Å². The molecule has 0 radical (unpaired) electrons. The summed E-state index contributed by atoms with van der Waals surface area (Å²) in [5.41, 5.74) is 7.92. The number of benzene rings is 1. The van der Waals surface area contributed by atoms with E-state index in [2.05, 4.69) is 36.9 Å². The molecule has 1 aromatic heterocycles. The van der Waals surface area contributed by atoms with Crippen molar-refractivity contribution in [3.05, 3.63) is 41.1 Å². The van der Waals surface area contributed by atoms with Crippen LogP contribution in [0.1, 0.15) is 12.8 Å². The SMILES string of the molecule is NCC1CCCN1c1ncc(-c2ccccc2Br)cn1. The lowest BCUT2D eigenvalue weighted by molar-refractivity contribution is 0.664. The highest BCUT2D eigenvalue weighted by Crippen LogP contribution is 2.28. The van der Waals surface area contributed by atoms with Gasteiger partial charge in [0.05, 0.1) is 0 Å². The molecule has 5 heteroatoms. The number of rotatable bonds is 3. The summed E-state index contributed by atoms with van der Waals surface area (Å²) in [5.74, 6) is 0.786. The molecule has 1 aromatic carbocycles. The fraction of sp³-hybridized carbons (Fsp3) is 0.333. The Bertz CT molecular complexity index is 585. The van der Waals surface area contributed by atoms with Crippen molar-refractivity contribution in [3.8, 4) is 11.1 Å². The predicted octanol–water partition coefficient (Wildman–Crippen LogP) is 2.83. The average molecular weight is 333 g/mol. The van der Waals surface area contributed by atoms with Crippen LogP contribution in [0.3, 0.4) is 0 Å². The Labute approximate surface area is 127 Å². The number of nitrogens with zero attached hydrogens (tertiary/aromatic N) is 3. The van der Waals surface area contributed by atoms with Crippen molar-refractivity contribution >= 4 is 21.9 Å². The molecule has 0 amide bonds. The lowest BCUT2D eigenvalue weighted by atomic mass is 10.1. The molecule has 0 saturated carbocycles. The first-order valence-corrected chi connectivity index (χ1v) is 7.62. The van der Waals surface area contributed by atoms with Gasteiger partial charge in [-0.3, -0.25) is 0 Å². The topological polar surface area (TPSA) is 55.0 Å². The maximum Gasteiger partial charge on any atom is 0.225 e. The van der Waals surface area contributed by atoms with Gasteiger partial charge in [-0.1, -0.05) is 34.1 Å². The molecule has 1 saturated heterocycles. The minimum absolute atomic E-state index is 0.379. The lowest BCUT2D eigenvalue weighted by Crippen LogP contribution is -2.36. The summed E-state index contributed by atoms with van der Waals surface area (Å²) in [5, 5.41) is 0. The van der Waals surface area contributed by atoms with Crippen LogP contribution in [0.15, 0.2) is 41.1 Å². The van der Waals surface area contributed by atoms with Gasteiger partial charge in [-0.15, -0.1) is 0 Å². The molecule has 4 nitrogen and oxygen atoms in total. The Morgan fingerprint density at radius 3 is 2.70 bits per heavy atom. The third-order valence-electron chi connectivity index (χ3n) is 3.73. The minimum Gasteiger partial charge on any atom is -0.337 e. The third-order valence-corrected chi connectivity index (χ3v) is 4.42.